The summed E-state index contributed by atoms with van der Waals surface area (Å²) in [6, 6.07) is 13.0. The summed E-state index contributed by atoms with van der Waals surface area (Å²) in [6.45, 7) is 5.27. The SMILES string of the molecule is CCCCCOC(=O)OC(C)N(c1nc(-c2ccncc2)nc(OC)c1Oc1ccccc1OC)S(=O)(=O)c1ccc(C)cn1. The molecule has 3 aromatic heterocycles. The van der Waals surface area contributed by atoms with Crippen LogP contribution in [0.2, 0.25) is 0 Å². The molecule has 1 unspecified atom stereocenters. The first kappa shape index (κ1) is 32.9. The molecule has 0 fully saturated rings. The molecule has 0 spiro atoms. The van der Waals surface area contributed by atoms with Gasteiger partial charge >= 0.3 is 6.16 Å². The Kier molecular flexibility index (Phi) is 11.1. The standard InChI is InChI=1S/C31H35N5O8S/c1-6-7-10-19-42-31(37)43-22(3)36(45(38,39)26-14-13-21(2)20-33-26)29-27(44-25-12-9-8-11-24(25)40-4)30(41-5)35-28(34-29)23-15-17-32-18-16-23/h8-9,11-18,20,22H,6-7,10,19H2,1-5H3. The van der Waals surface area contributed by atoms with E-state index in [1.165, 1.54) is 45.8 Å². The Morgan fingerprint density at radius 1 is 0.956 bits per heavy atom. The third-order valence-electron chi connectivity index (χ3n) is 6.41. The number of hydrogen-bond acceptors (Lipinski definition) is 12. The lowest BCUT2D eigenvalue weighted by atomic mass is 10.2. The van der Waals surface area contributed by atoms with Crippen LogP contribution in [-0.4, -0.2) is 61.6 Å². The van der Waals surface area contributed by atoms with Gasteiger partial charge in [0.1, 0.15) is 0 Å². The Labute approximate surface area is 262 Å². The number of anilines is 1. The van der Waals surface area contributed by atoms with Crippen molar-refractivity contribution in [2.75, 3.05) is 25.1 Å². The van der Waals surface area contributed by atoms with E-state index >= 15 is 0 Å². The Hall–Kier alpha value is -4.98. The van der Waals surface area contributed by atoms with Crippen LogP contribution in [-0.2, 0) is 19.5 Å². The van der Waals surface area contributed by atoms with Crippen molar-refractivity contribution in [1.82, 2.24) is 19.9 Å². The quantitative estimate of drug-likeness (QED) is 0.0914. The normalized spacial score (nSPS) is 11.8. The number of pyridine rings is 2. The molecule has 1 aromatic carbocycles. The molecule has 14 heteroatoms. The lowest BCUT2D eigenvalue weighted by molar-refractivity contribution is 0.0316. The molecule has 0 bridgehead atoms. The molecule has 4 aromatic rings. The highest BCUT2D eigenvalue weighted by atomic mass is 32.2. The predicted octanol–water partition coefficient (Wildman–Crippen LogP) is 5.94. The number of benzene rings is 1. The smallest absolute Gasteiger partial charge is 0.493 e. The van der Waals surface area contributed by atoms with Gasteiger partial charge in [0.25, 0.3) is 15.9 Å². The number of hydrogen-bond donors (Lipinski definition) is 0. The number of carbonyl (C=O) groups excluding carboxylic acids is 1. The zero-order valence-corrected chi connectivity index (χ0v) is 26.5. The molecular weight excluding hydrogens is 602 g/mol. The fourth-order valence-corrected chi connectivity index (χ4v) is 5.57. The number of nitrogens with zero attached hydrogens (tertiary/aromatic N) is 5. The Balaban J connectivity index is 1.94. The van der Waals surface area contributed by atoms with E-state index in [-0.39, 0.29) is 40.7 Å². The van der Waals surface area contributed by atoms with E-state index in [0.717, 1.165) is 22.7 Å². The van der Waals surface area contributed by atoms with Crippen LogP contribution in [0.4, 0.5) is 10.6 Å². The summed E-state index contributed by atoms with van der Waals surface area (Å²) >= 11 is 0. The van der Waals surface area contributed by atoms with Crippen LogP contribution < -0.4 is 18.5 Å². The number of ether oxygens (including phenoxy) is 5. The van der Waals surface area contributed by atoms with Gasteiger partial charge < -0.3 is 23.7 Å². The average molecular weight is 638 g/mol. The molecule has 45 heavy (non-hydrogen) atoms. The highest BCUT2D eigenvalue weighted by Crippen LogP contribution is 2.44. The van der Waals surface area contributed by atoms with Gasteiger partial charge in [-0.25, -0.2) is 19.1 Å². The molecule has 13 nitrogen and oxygen atoms in total. The summed E-state index contributed by atoms with van der Waals surface area (Å²) < 4.78 is 57.6. The van der Waals surface area contributed by atoms with Crippen molar-refractivity contribution >= 4 is 22.0 Å². The maximum absolute atomic E-state index is 14.4. The van der Waals surface area contributed by atoms with Crippen molar-refractivity contribution in [3.8, 4) is 34.5 Å². The first-order chi connectivity index (χ1) is 21.7. The zero-order chi connectivity index (χ0) is 32.4. The molecule has 0 saturated heterocycles. The molecule has 4 rings (SSSR count). The van der Waals surface area contributed by atoms with E-state index < -0.39 is 22.4 Å². The fourth-order valence-electron chi connectivity index (χ4n) is 4.16. The molecule has 0 aliphatic rings. The molecule has 3 heterocycles. The van der Waals surface area contributed by atoms with Crippen molar-refractivity contribution in [2.45, 2.75) is 51.3 Å². The maximum Gasteiger partial charge on any atom is 0.510 e. The monoisotopic (exact) mass is 637 g/mol. The number of aryl methyl sites for hydroxylation is 1. The summed E-state index contributed by atoms with van der Waals surface area (Å²) in [7, 11) is -1.76. The molecule has 238 valence electrons. The predicted molar refractivity (Wildman–Crippen MR) is 165 cm³/mol. The second-order valence-corrected chi connectivity index (χ2v) is 11.5. The van der Waals surface area contributed by atoms with Gasteiger partial charge in [0, 0.05) is 24.2 Å². The molecule has 0 aliphatic heterocycles. The molecule has 0 amide bonds. The number of sulfonamides is 1. The van der Waals surface area contributed by atoms with E-state index in [2.05, 4.69) is 19.9 Å². The van der Waals surface area contributed by atoms with Crippen LogP contribution in [0.25, 0.3) is 11.4 Å². The first-order valence-electron chi connectivity index (χ1n) is 14.2. The molecule has 1 atom stereocenters. The van der Waals surface area contributed by atoms with Crippen molar-refractivity contribution in [3.63, 3.8) is 0 Å². The lowest BCUT2D eigenvalue weighted by Gasteiger charge is -2.30. The highest BCUT2D eigenvalue weighted by molar-refractivity contribution is 7.92. The van der Waals surface area contributed by atoms with Crippen molar-refractivity contribution < 1.29 is 36.9 Å². The summed E-state index contributed by atoms with van der Waals surface area (Å²) in [6.07, 6.45) is 4.34. The maximum atomic E-state index is 14.4. The number of aromatic nitrogens is 4. The first-order valence-corrected chi connectivity index (χ1v) is 15.6. The van der Waals surface area contributed by atoms with Gasteiger partial charge in [-0.1, -0.05) is 38.0 Å². The largest absolute Gasteiger partial charge is 0.510 e. The topological polar surface area (TPSA) is 152 Å². The number of rotatable bonds is 14. The minimum atomic E-state index is -4.58. The third-order valence-corrected chi connectivity index (χ3v) is 8.17. The fraction of sp³-hybridized carbons (Fsp3) is 0.323. The highest BCUT2D eigenvalue weighted by Gasteiger charge is 2.38. The summed E-state index contributed by atoms with van der Waals surface area (Å²) in [5, 5.41) is -0.328. The summed E-state index contributed by atoms with van der Waals surface area (Å²) in [5.41, 5.74) is 1.24. The van der Waals surface area contributed by atoms with Gasteiger partial charge in [-0.2, -0.15) is 13.4 Å². The van der Waals surface area contributed by atoms with Gasteiger partial charge in [0.05, 0.1) is 20.8 Å². The second-order valence-electron chi connectivity index (χ2n) is 9.70. The Morgan fingerprint density at radius 2 is 1.69 bits per heavy atom. The molecule has 0 saturated carbocycles. The molecular formula is C31H35N5O8S. The van der Waals surface area contributed by atoms with E-state index in [1.54, 1.807) is 49.4 Å². The zero-order valence-electron chi connectivity index (χ0n) is 25.7. The van der Waals surface area contributed by atoms with Crippen LogP contribution in [0.15, 0.2) is 72.1 Å². The van der Waals surface area contributed by atoms with Crippen molar-refractivity contribution in [1.29, 1.82) is 0 Å². The number of para-hydroxylation sites is 2. The van der Waals surface area contributed by atoms with Crippen LogP contribution >= 0.6 is 0 Å². The van der Waals surface area contributed by atoms with Crippen LogP contribution in [0.3, 0.4) is 0 Å². The summed E-state index contributed by atoms with van der Waals surface area (Å²) in [5.74, 6) is 0.0513. The lowest BCUT2D eigenvalue weighted by Crippen LogP contribution is -2.42. The number of methoxy groups -OCH3 is 2. The summed E-state index contributed by atoms with van der Waals surface area (Å²) in [4.78, 5) is 30.1. The minimum Gasteiger partial charge on any atom is -0.493 e. The van der Waals surface area contributed by atoms with Gasteiger partial charge in [0.2, 0.25) is 5.75 Å². The van der Waals surface area contributed by atoms with Crippen LogP contribution in [0.5, 0.6) is 23.1 Å². The van der Waals surface area contributed by atoms with Gasteiger partial charge in [-0.3, -0.25) is 4.98 Å². The second kappa shape index (κ2) is 15.1. The average Bonchev–Trinajstić information content (AvgIpc) is 3.04. The van der Waals surface area contributed by atoms with Gasteiger partial charge in [-0.05, 0) is 56.2 Å². The number of carbonyl (C=O) groups is 1. The van der Waals surface area contributed by atoms with Crippen LogP contribution in [0, 0.1) is 6.92 Å². The molecule has 0 N–H and O–H groups in total. The molecule has 0 radical (unpaired) electrons. The Bertz CT molecular complexity index is 1690. The minimum absolute atomic E-state index is 0.0861. The van der Waals surface area contributed by atoms with E-state index in [0.29, 0.717) is 17.7 Å². The van der Waals surface area contributed by atoms with Gasteiger partial charge in [-0.15, -0.1) is 0 Å². The Morgan fingerprint density at radius 3 is 2.33 bits per heavy atom. The number of unbranched alkanes of at least 4 members (excludes halogenated alkanes) is 2. The van der Waals surface area contributed by atoms with Gasteiger partial charge in [0.15, 0.2) is 34.4 Å². The van der Waals surface area contributed by atoms with E-state index in [1.807, 2.05) is 6.92 Å². The van der Waals surface area contributed by atoms with Crippen LogP contribution in [0.1, 0.15) is 38.7 Å². The van der Waals surface area contributed by atoms with E-state index in [4.69, 9.17) is 23.7 Å². The molecule has 0 aliphatic carbocycles. The van der Waals surface area contributed by atoms with Crippen molar-refractivity contribution in [2.24, 2.45) is 0 Å². The van der Waals surface area contributed by atoms with E-state index in [9.17, 15) is 13.2 Å². The third kappa shape index (κ3) is 7.95. The van der Waals surface area contributed by atoms with Crippen molar-refractivity contribution in [3.05, 3.63) is 72.7 Å².